The smallest absolute Gasteiger partial charge is 0.240 e. The van der Waals surface area contributed by atoms with Crippen LogP contribution in [0, 0.1) is 12.8 Å². The molecule has 1 unspecified atom stereocenters. The van der Waals surface area contributed by atoms with Gasteiger partial charge in [-0.15, -0.1) is 0 Å². The van der Waals surface area contributed by atoms with Crippen molar-refractivity contribution in [2.75, 3.05) is 12.3 Å². The van der Waals surface area contributed by atoms with Crippen LogP contribution in [0.3, 0.4) is 0 Å². The maximum absolute atomic E-state index is 12.1. The number of nitrogens with two attached hydrogens (primary N) is 1. The van der Waals surface area contributed by atoms with Crippen LogP contribution in [0.25, 0.3) is 0 Å². The molecule has 0 spiro atoms. The summed E-state index contributed by atoms with van der Waals surface area (Å²) in [6.45, 7) is 6.15. The molecule has 1 aromatic carbocycles. The fraction of sp³-hybridized carbons (Fsp3) is 0.500. The van der Waals surface area contributed by atoms with Gasteiger partial charge in [-0.3, -0.25) is 0 Å². The van der Waals surface area contributed by atoms with Gasteiger partial charge in [0.15, 0.2) is 0 Å². The minimum Gasteiger partial charge on any atom is -0.397 e. The molecule has 0 saturated heterocycles. The molecular weight excluding hydrogens is 272 g/mol. The van der Waals surface area contributed by atoms with Gasteiger partial charge in [-0.1, -0.05) is 31.9 Å². The molecule has 102 valence electrons. The zero-order chi connectivity index (χ0) is 13.9. The summed E-state index contributed by atoms with van der Waals surface area (Å²) in [5.41, 5.74) is 6.61. The first-order chi connectivity index (χ1) is 8.27. The van der Waals surface area contributed by atoms with E-state index in [-0.39, 0.29) is 10.6 Å². The number of nitrogens with one attached hydrogen (secondary N) is 1. The summed E-state index contributed by atoms with van der Waals surface area (Å²) in [7, 11) is -3.52. The van der Waals surface area contributed by atoms with Gasteiger partial charge in [-0.25, -0.2) is 13.1 Å². The maximum Gasteiger partial charge on any atom is 0.240 e. The summed E-state index contributed by atoms with van der Waals surface area (Å²) in [5.74, 6) is 0.297. The van der Waals surface area contributed by atoms with E-state index < -0.39 is 10.0 Å². The van der Waals surface area contributed by atoms with Gasteiger partial charge < -0.3 is 5.73 Å². The molecule has 0 fully saturated rings. The van der Waals surface area contributed by atoms with Crippen molar-refractivity contribution in [3.05, 3.63) is 22.7 Å². The monoisotopic (exact) mass is 290 g/mol. The SMILES string of the molecule is CCC(C)CNS(=O)(=O)c1cc(C)c(Cl)c(N)c1. The summed E-state index contributed by atoms with van der Waals surface area (Å²) >= 11 is 5.91. The summed E-state index contributed by atoms with van der Waals surface area (Å²) in [4.78, 5) is 0.158. The fourth-order valence-electron chi connectivity index (χ4n) is 1.40. The van der Waals surface area contributed by atoms with Gasteiger partial charge in [0, 0.05) is 6.54 Å². The number of rotatable bonds is 5. The van der Waals surface area contributed by atoms with E-state index in [9.17, 15) is 8.42 Å². The summed E-state index contributed by atoms with van der Waals surface area (Å²) in [5, 5.41) is 0.399. The van der Waals surface area contributed by atoms with Gasteiger partial charge >= 0.3 is 0 Å². The predicted octanol–water partition coefficient (Wildman–Crippen LogP) is 2.56. The fourth-order valence-corrected chi connectivity index (χ4v) is 2.79. The lowest BCUT2D eigenvalue weighted by molar-refractivity contribution is 0.528. The van der Waals surface area contributed by atoms with Crippen LogP contribution in [0.2, 0.25) is 5.02 Å². The van der Waals surface area contributed by atoms with Gasteiger partial charge in [-0.2, -0.15) is 0 Å². The molecule has 0 amide bonds. The van der Waals surface area contributed by atoms with E-state index in [0.29, 0.717) is 23.0 Å². The van der Waals surface area contributed by atoms with Crippen LogP contribution in [0.15, 0.2) is 17.0 Å². The number of aryl methyl sites for hydroxylation is 1. The Bertz CT molecular complexity index is 506. The molecule has 1 rings (SSSR count). The van der Waals surface area contributed by atoms with Gasteiger partial charge in [0.2, 0.25) is 10.0 Å². The second-order valence-electron chi connectivity index (χ2n) is 4.51. The van der Waals surface area contributed by atoms with Crippen molar-refractivity contribution in [3.8, 4) is 0 Å². The minimum atomic E-state index is -3.52. The highest BCUT2D eigenvalue weighted by atomic mass is 35.5. The van der Waals surface area contributed by atoms with E-state index in [1.54, 1.807) is 6.92 Å². The van der Waals surface area contributed by atoms with Gasteiger partial charge in [0.25, 0.3) is 0 Å². The molecule has 0 aliphatic carbocycles. The number of halogens is 1. The van der Waals surface area contributed by atoms with E-state index in [1.165, 1.54) is 12.1 Å². The minimum absolute atomic E-state index is 0.158. The first-order valence-electron chi connectivity index (χ1n) is 5.83. The Hall–Kier alpha value is -0.780. The van der Waals surface area contributed by atoms with Crippen molar-refractivity contribution in [1.29, 1.82) is 0 Å². The third-order valence-corrected chi connectivity index (χ3v) is 4.80. The molecule has 1 atom stereocenters. The molecule has 0 aliphatic heterocycles. The second kappa shape index (κ2) is 5.91. The van der Waals surface area contributed by atoms with E-state index in [0.717, 1.165) is 6.42 Å². The van der Waals surface area contributed by atoms with Gasteiger partial charge in [-0.05, 0) is 30.5 Å². The zero-order valence-electron chi connectivity index (χ0n) is 10.8. The molecule has 3 N–H and O–H groups in total. The van der Waals surface area contributed by atoms with Gasteiger partial charge in [0.1, 0.15) is 0 Å². The number of anilines is 1. The van der Waals surface area contributed by atoms with Crippen LogP contribution in [-0.2, 0) is 10.0 Å². The number of benzene rings is 1. The predicted molar refractivity (Wildman–Crippen MR) is 75.2 cm³/mol. The third kappa shape index (κ3) is 3.60. The number of nitrogen functional groups attached to an aromatic ring is 1. The van der Waals surface area contributed by atoms with E-state index in [4.69, 9.17) is 17.3 Å². The standard InChI is InChI=1S/C12H19ClN2O2S/c1-4-8(2)7-15-18(16,17)10-5-9(3)12(13)11(14)6-10/h5-6,8,15H,4,7,14H2,1-3H3. The van der Waals surface area contributed by atoms with Crippen LogP contribution >= 0.6 is 11.6 Å². The number of hydrogen-bond donors (Lipinski definition) is 2. The van der Waals surface area contributed by atoms with Crippen molar-refractivity contribution in [2.45, 2.75) is 32.1 Å². The van der Waals surface area contributed by atoms with E-state index >= 15 is 0 Å². The quantitative estimate of drug-likeness (QED) is 0.819. The second-order valence-corrected chi connectivity index (χ2v) is 6.65. The Labute approximate surface area is 114 Å². The van der Waals surface area contributed by atoms with Crippen LogP contribution in [0.5, 0.6) is 0 Å². The third-order valence-electron chi connectivity index (χ3n) is 2.89. The number of hydrogen-bond acceptors (Lipinski definition) is 3. The Morgan fingerprint density at radius 3 is 2.56 bits per heavy atom. The highest BCUT2D eigenvalue weighted by molar-refractivity contribution is 7.89. The Balaban J connectivity index is 2.99. The van der Waals surface area contributed by atoms with Crippen LogP contribution in [-0.4, -0.2) is 15.0 Å². The topological polar surface area (TPSA) is 72.2 Å². The zero-order valence-corrected chi connectivity index (χ0v) is 12.4. The highest BCUT2D eigenvalue weighted by Crippen LogP contribution is 2.26. The van der Waals surface area contributed by atoms with Crippen LogP contribution in [0.1, 0.15) is 25.8 Å². The summed E-state index contributed by atoms with van der Waals surface area (Å²) in [6, 6.07) is 2.91. The molecule has 0 bridgehead atoms. The molecular formula is C12H19ClN2O2S. The first kappa shape index (κ1) is 15.3. The van der Waals surface area contributed by atoms with Crippen LogP contribution in [0.4, 0.5) is 5.69 Å². The Kier molecular flexibility index (Phi) is 5.01. The molecule has 6 heteroatoms. The van der Waals surface area contributed by atoms with Crippen molar-refractivity contribution in [1.82, 2.24) is 4.72 Å². The van der Waals surface area contributed by atoms with Crippen molar-refractivity contribution in [2.24, 2.45) is 5.92 Å². The normalized spacial score (nSPS) is 13.6. The molecule has 18 heavy (non-hydrogen) atoms. The molecule has 0 radical (unpaired) electrons. The largest absolute Gasteiger partial charge is 0.397 e. The Morgan fingerprint density at radius 2 is 2.06 bits per heavy atom. The summed E-state index contributed by atoms with van der Waals surface area (Å²) < 4.78 is 26.7. The van der Waals surface area contributed by atoms with E-state index in [1.807, 2.05) is 13.8 Å². The summed E-state index contributed by atoms with van der Waals surface area (Å²) in [6.07, 6.45) is 0.921. The molecule has 0 saturated carbocycles. The van der Waals surface area contributed by atoms with E-state index in [2.05, 4.69) is 4.72 Å². The van der Waals surface area contributed by atoms with Crippen molar-refractivity contribution >= 4 is 27.3 Å². The average molecular weight is 291 g/mol. The molecule has 0 aliphatic rings. The maximum atomic E-state index is 12.1. The molecule has 0 aromatic heterocycles. The lowest BCUT2D eigenvalue weighted by atomic mass is 10.1. The highest BCUT2D eigenvalue weighted by Gasteiger charge is 2.17. The Morgan fingerprint density at radius 1 is 1.44 bits per heavy atom. The first-order valence-corrected chi connectivity index (χ1v) is 7.69. The lowest BCUT2D eigenvalue weighted by Crippen LogP contribution is -2.28. The number of sulfonamides is 1. The molecule has 1 aromatic rings. The van der Waals surface area contributed by atoms with Gasteiger partial charge in [0.05, 0.1) is 15.6 Å². The molecule has 4 nitrogen and oxygen atoms in total. The average Bonchev–Trinajstić information content (AvgIpc) is 2.32. The van der Waals surface area contributed by atoms with Crippen LogP contribution < -0.4 is 10.5 Å². The molecule has 0 heterocycles. The van der Waals surface area contributed by atoms with Crippen molar-refractivity contribution in [3.63, 3.8) is 0 Å². The lowest BCUT2D eigenvalue weighted by Gasteiger charge is -2.12. The van der Waals surface area contributed by atoms with Crippen molar-refractivity contribution < 1.29 is 8.42 Å².